The molecule has 0 spiro atoms. The van der Waals surface area contributed by atoms with Crippen LogP contribution in [0.3, 0.4) is 0 Å². The smallest absolute Gasteiger partial charge is 0.142 e. The van der Waals surface area contributed by atoms with Gasteiger partial charge in [0.25, 0.3) is 0 Å². The summed E-state index contributed by atoms with van der Waals surface area (Å²) >= 11 is 1.79. The highest BCUT2D eigenvalue weighted by Crippen LogP contribution is 2.33. The Labute approximate surface area is 177 Å². The van der Waals surface area contributed by atoms with Gasteiger partial charge >= 0.3 is 0 Å². The van der Waals surface area contributed by atoms with Crippen molar-refractivity contribution >= 4 is 17.0 Å². The van der Waals surface area contributed by atoms with Crippen LogP contribution in [-0.2, 0) is 6.54 Å². The van der Waals surface area contributed by atoms with Gasteiger partial charge in [0.2, 0.25) is 0 Å². The molecular weight excluding hydrogens is 382 g/mol. The van der Waals surface area contributed by atoms with E-state index >= 15 is 0 Å². The molecule has 154 valence electrons. The number of thiazole rings is 1. The molecule has 2 aliphatic rings. The maximum atomic E-state index is 5.59. The third-order valence-electron chi connectivity index (χ3n) is 5.57. The third-order valence-corrected chi connectivity index (χ3v) is 6.59. The standard InChI is InChI=1S/C23H29N3O2S/c1-27-20-9-10-22(28-2)21(15-20)26-12-6-11-25(13-14-26)16-19-17-29-23(24-19)18-7-4-3-5-8-18/h3-5,7,9-10,15,17-18H,6,8,11-14,16H2,1-2H3. The molecule has 2 heterocycles. The van der Waals surface area contributed by atoms with Crippen LogP contribution in [-0.4, -0.2) is 50.3 Å². The molecule has 6 heteroatoms. The van der Waals surface area contributed by atoms with Crippen molar-refractivity contribution < 1.29 is 9.47 Å². The molecule has 0 saturated carbocycles. The van der Waals surface area contributed by atoms with Gasteiger partial charge in [-0.2, -0.15) is 0 Å². The number of aromatic nitrogens is 1. The van der Waals surface area contributed by atoms with E-state index in [2.05, 4.69) is 45.6 Å². The van der Waals surface area contributed by atoms with Gasteiger partial charge in [-0.15, -0.1) is 11.3 Å². The van der Waals surface area contributed by atoms with Gasteiger partial charge in [-0.25, -0.2) is 4.98 Å². The van der Waals surface area contributed by atoms with E-state index in [-0.39, 0.29) is 0 Å². The molecule has 4 rings (SSSR count). The minimum atomic E-state index is 0.443. The second-order valence-electron chi connectivity index (χ2n) is 7.49. The summed E-state index contributed by atoms with van der Waals surface area (Å²) in [5, 5.41) is 3.47. The van der Waals surface area contributed by atoms with E-state index in [9.17, 15) is 0 Å². The van der Waals surface area contributed by atoms with Crippen LogP contribution < -0.4 is 14.4 Å². The molecule has 1 aliphatic carbocycles. The lowest BCUT2D eigenvalue weighted by Gasteiger charge is -2.25. The van der Waals surface area contributed by atoms with Crippen molar-refractivity contribution in [2.75, 3.05) is 45.3 Å². The zero-order valence-electron chi connectivity index (χ0n) is 17.2. The summed E-state index contributed by atoms with van der Waals surface area (Å²) in [4.78, 5) is 9.85. The molecule has 1 aromatic heterocycles. The maximum Gasteiger partial charge on any atom is 0.142 e. The Bertz CT molecular complexity index is 877. The highest BCUT2D eigenvalue weighted by molar-refractivity contribution is 7.09. The zero-order chi connectivity index (χ0) is 20.1. The summed E-state index contributed by atoms with van der Waals surface area (Å²) in [5.74, 6) is 2.21. The lowest BCUT2D eigenvalue weighted by Crippen LogP contribution is -2.30. The SMILES string of the molecule is COc1ccc(OC)c(N2CCCN(Cc3csc(C4C=CC=CC4)n3)CC2)c1. The van der Waals surface area contributed by atoms with Gasteiger partial charge in [0.1, 0.15) is 16.5 Å². The van der Waals surface area contributed by atoms with Crippen LogP contribution in [0.15, 0.2) is 47.9 Å². The first-order valence-corrected chi connectivity index (χ1v) is 11.1. The first kappa shape index (κ1) is 20.0. The third kappa shape index (κ3) is 4.82. The van der Waals surface area contributed by atoms with Crippen molar-refractivity contribution in [3.8, 4) is 11.5 Å². The Kier molecular flexibility index (Phi) is 6.52. The minimum absolute atomic E-state index is 0.443. The Morgan fingerprint density at radius 3 is 2.83 bits per heavy atom. The second kappa shape index (κ2) is 9.46. The number of rotatable bonds is 6. The van der Waals surface area contributed by atoms with E-state index in [0.29, 0.717) is 5.92 Å². The van der Waals surface area contributed by atoms with Crippen molar-refractivity contribution in [1.29, 1.82) is 0 Å². The Morgan fingerprint density at radius 2 is 2.03 bits per heavy atom. The number of allylic oxidation sites excluding steroid dienone is 4. The number of anilines is 1. The average molecular weight is 412 g/mol. The van der Waals surface area contributed by atoms with E-state index in [1.54, 1.807) is 25.6 Å². The molecule has 0 radical (unpaired) electrons. The van der Waals surface area contributed by atoms with Gasteiger partial charge in [0.05, 0.1) is 25.6 Å². The fourth-order valence-electron chi connectivity index (χ4n) is 3.97. The van der Waals surface area contributed by atoms with Crippen molar-refractivity contribution in [1.82, 2.24) is 9.88 Å². The van der Waals surface area contributed by atoms with Crippen LogP contribution in [0.5, 0.6) is 11.5 Å². The van der Waals surface area contributed by atoms with E-state index in [1.165, 1.54) is 10.7 Å². The van der Waals surface area contributed by atoms with Crippen LogP contribution in [0.2, 0.25) is 0 Å². The van der Waals surface area contributed by atoms with E-state index in [4.69, 9.17) is 14.5 Å². The second-order valence-corrected chi connectivity index (χ2v) is 8.38. The van der Waals surface area contributed by atoms with Crippen molar-refractivity contribution in [3.05, 3.63) is 58.6 Å². The Hall–Kier alpha value is -2.31. The van der Waals surface area contributed by atoms with E-state index < -0.39 is 0 Å². The number of benzene rings is 1. The summed E-state index contributed by atoms with van der Waals surface area (Å²) in [6.07, 6.45) is 10.9. The molecule has 1 saturated heterocycles. The number of ether oxygens (including phenoxy) is 2. The maximum absolute atomic E-state index is 5.59. The lowest BCUT2D eigenvalue weighted by atomic mass is 10.0. The van der Waals surface area contributed by atoms with Crippen molar-refractivity contribution in [2.45, 2.75) is 25.3 Å². The van der Waals surface area contributed by atoms with Crippen LogP contribution in [0, 0.1) is 0 Å². The summed E-state index contributed by atoms with van der Waals surface area (Å²) in [7, 11) is 3.43. The molecule has 29 heavy (non-hydrogen) atoms. The molecule has 1 unspecified atom stereocenters. The fourth-order valence-corrected chi connectivity index (χ4v) is 4.88. The Morgan fingerprint density at radius 1 is 1.10 bits per heavy atom. The van der Waals surface area contributed by atoms with Crippen molar-refractivity contribution in [2.24, 2.45) is 0 Å². The molecule has 0 amide bonds. The predicted molar refractivity (Wildman–Crippen MR) is 119 cm³/mol. The van der Waals surface area contributed by atoms with E-state index in [0.717, 1.165) is 62.8 Å². The average Bonchev–Trinajstić information content (AvgIpc) is 3.12. The largest absolute Gasteiger partial charge is 0.497 e. The number of methoxy groups -OCH3 is 2. The molecular formula is C23H29N3O2S. The molecule has 5 nitrogen and oxygen atoms in total. The summed E-state index contributed by atoms with van der Waals surface area (Å²) in [6, 6.07) is 6.01. The van der Waals surface area contributed by atoms with E-state index in [1.807, 2.05) is 12.1 Å². The fraction of sp³-hybridized carbons (Fsp3) is 0.435. The summed E-state index contributed by atoms with van der Waals surface area (Å²) in [6.45, 7) is 5.01. The topological polar surface area (TPSA) is 37.8 Å². The highest BCUT2D eigenvalue weighted by Gasteiger charge is 2.20. The van der Waals surface area contributed by atoms with Crippen LogP contribution in [0.4, 0.5) is 5.69 Å². The molecule has 0 bridgehead atoms. The molecule has 2 aromatic rings. The number of hydrogen-bond donors (Lipinski definition) is 0. The lowest BCUT2D eigenvalue weighted by molar-refractivity contribution is 0.282. The Balaban J connectivity index is 1.39. The normalized spacial score (nSPS) is 19.9. The van der Waals surface area contributed by atoms with Crippen LogP contribution in [0.25, 0.3) is 0 Å². The summed E-state index contributed by atoms with van der Waals surface area (Å²) in [5.41, 5.74) is 2.31. The van der Waals surface area contributed by atoms with Gasteiger partial charge in [-0.1, -0.05) is 24.3 Å². The monoisotopic (exact) mass is 411 g/mol. The first-order chi connectivity index (χ1) is 14.3. The van der Waals surface area contributed by atoms with Gasteiger partial charge < -0.3 is 14.4 Å². The molecule has 1 aromatic carbocycles. The number of hydrogen-bond acceptors (Lipinski definition) is 6. The zero-order valence-corrected chi connectivity index (χ0v) is 18.0. The summed E-state index contributed by atoms with van der Waals surface area (Å²) < 4.78 is 11.0. The minimum Gasteiger partial charge on any atom is -0.497 e. The first-order valence-electron chi connectivity index (χ1n) is 10.2. The van der Waals surface area contributed by atoms with Crippen LogP contribution in [0.1, 0.15) is 29.5 Å². The molecule has 1 aliphatic heterocycles. The molecule has 1 atom stereocenters. The quantitative estimate of drug-likeness (QED) is 0.701. The van der Waals surface area contributed by atoms with Gasteiger partial charge in [0, 0.05) is 50.1 Å². The predicted octanol–water partition coefficient (Wildman–Crippen LogP) is 4.47. The van der Waals surface area contributed by atoms with Crippen molar-refractivity contribution in [3.63, 3.8) is 0 Å². The van der Waals surface area contributed by atoms with Gasteiger partial charge in [-0.3, -0.25) is 4.90 Å². The molecule has 0 N–H and O–H groups in total. The highest BCUT2D eigenvalue weighted by atomic mass is 32.1. The molecule has 1 fully saturated rings. The van der Waals surface area contributed by atoms with Gasteiger partial charge in [-0.05, 0) is 25.0 Å². The van der Waals surface area contributed by atoms with Crippen LogP contribution >= 0.6 is 11.3 Å². The number of nitrogens with zero attached hydrogens (tertiary/aromatic N) is 3. The van der Waals surface area contributed by atoms with Gasteiger partial charge in [0.15, 0.2) is 0 Å².